The van der Waals surface area contributed by atoms with Crippen molar-refractivity contribution in [3.8, 4) is 0 Å². The van der Waals surface area contributed by atoms with Gasteiger partial charge in [-0.3, -0.25) is 4.79 Å². The minimum Gasteiger partial charge on any atom is -0.478 e. The van der Waals surface area contributed by atoms with Gasteiger partial charge in [-0.15, -0.1) is 11.3 Å². The Hall–Kier alpha value is -2.93. The Balaban J connectivity index is 1.72. The number of carboxylic acids is 1. The third-order valence-electron chi connectivity index (χ3n) is 4.84. The quantitative estimate of drug-likeness (QED) is 0.668. The lowest BCUT2D eigenvalue weighted by Gasteiger charge is -2.17. The van der Waals surface area contributed by atoms with Gasteiger partial charge in [0.05, 0.1) is 5.56 Å². The van der Waals surface area contributed by atoms with Gasteiger partial charge in [-0.2, -0.15) is 0 Å². The van der Waals surface area contributed by atoms with Crippen molar-refractivity contribution in [2.75, 3.05) is 5.32 Å². The number of carbonyl (C=O) groups is 2. The van der Waals surface area contributed by atoms with Crippen molar-refractivity contribution in [3.05, 3.63) is 62.3 Å². The van der Waals surface area contributed by atoms with Crippen LogP contribution in [0.2, 0.25) is 0 Å². The fourth-order valence-electron chi connectivity index (χ4n) is 3.46. The zero-order valence-corrected chi connectivity index (χ0v) is 15.4. The van der Waals surface area contributed by atoms with Crippen LogP contribution in [0.15, 0.2) is 39.5 Å². The maximum atomic E-state index is 12.7. The lowest BCUT2D eigenvalue weighted by Crippen LogP contribution is -2.21. The summed E-state index contributed by atoms with van der Waals surface area (Å²) in [5.74, 6) is -1.25. The van der Waals surface area contributed by atoms with E-state index in [0.717, 1.165) is 23.3 Å². The first-order chi connectivity index (χ1) is 12.9. The van der Waals surface area contributed by atoms with Crippen molar-refractivity contribution in [1.82, 2.24) is 0 Å². The number of amides is 1. The number of nitrogens with one attached hydrogen (secondary N) is 1. The molecule has 1 atom stereocenters. The van der Waals surface area contributed by atoms with Crippen LogP contribution in [0.25, 0.3) is 11.0 Å². The minimum absolute atomic E-state index is 0.139. The molecule has 2 aromatic heterocycles. The Bertz CT molecular complexity index is 1130. The van der Waals surface area contributed by atoms with E-state index in [9.17, 15) is 19.5 Å². The minimum atomic E-state index is -1.07. The lowest BCUT2D eigenvalue weighted by atomic mass is 9.88. The van der Waals surface area contributed by atoms with Crippen LogP contribution in [0.4, 0.5) is 5.00 Å². The van der Waals surface area contributed by atoms with Crippen LogP contribution in [-0.2, 0) is 12.8 Å². The summed E-state index contributed by atoms with van der Waals surface area (Å²) in [6.07, 6.45) is 2.41. The molecule has 27 heavy (non-hydrogen) atoms. The molecule has 138 valence electrons. The van der Waals surface area contributed by atoms with Gasteiger partial charge in [0.25, 0.3) is 5.91 Å². The fourth-order valence-corrected chi connectivity index (χ4v) is 4.85. The zero-order chi connectivity index (χ0) is 19.1. The normalized spacial score (nSPS) is 16.1. The molecule has 0 saturated heterocycles. The summed E-state index contributed by atoms with van der Waals surface area (Å²) in [4.78, 5) is 37.6. The van der Waals surface area contributed by atoms with Crippen LogP contribution >= 0.6 is 11.3 Å². The van der Waals surface area contributed by atoms with E-state index in [2.05, 4.69) is 12.2 Å². The smallest absolute Gasteiger partial charge is 0.349 e. The number of benzene rings is 1. The number of rotatable bonds is 3. The second kappa shape index (κ2) is 6.66. The zero-order valence-electron chi connectivity index (χ0n) is 14.6. The van der Waals surface area contributed by atoms with Crippen LogP contribution in [0.3, 0.4) is 0 Å². The summed E-state index contributed by atoms with van der Waals surface area (Å²) in [5, 5.41) is 13.2. The summed E-state index contributed by atoms with van der Waals surface area (Å²) in [7, 11) is 0. The molecule has 0 fully saturated rings. The molecule has 1 unspecified atom stereocenters. The second-order valence-corrected chi connectivity index (χ2v) is 7.91. The molecule has 4 rings (SSSR count). The van der Waals surface area contributed by atoms with E-state index >= 15 is 0 Å². The predicted molar refractivity (Wildman–Crippen MR) is 103 cm³/mol. The average molecular weight is 383 g/mol. The SMILES string of the molecule is CC1CCc2c(sc(NC(=O)c3cc4ccccc4oc3=O)c2C(=O)O)C1. The monoisotopic (exact) mass is 383 g/mol. The van der Waals surface area contributed by atoms with E-state index in [1.165, 1.54) is 17.4 Å². The number of anilines is 1. The van der Waals surface area contributed by atoms with E-state index in [4.69, 9.17) is 4.42 Å². The van der Waals surface area contributed by atoms with Gasteiger partial charge in [-0.25, -0.2) is 9.59 Å². The molecule has 0 spiro atoms. The number of thiophene rings is 1. The maximum Gasteiger partial charge on any atom is 0.349 e. The van der Waals surface area contributed by atoms with Crippen LogP contribution < -0.4 is 10.9 Å². The van der Waals surface area contributed by atoms with Crippen molar-refractivity contribution >= 4 is 39.2 Å². The number of para-hydroxylation sites is 1. The van der Waals surface area contributed by atoms with Crippen LogP contribution in [0.1, 0.15) is 44.5 Å². The summed E-state index contributed by atoms with van der Waals surface area (Å²) in [6.45, 7) is 2.13. The largest absolute Gasteiger partial charge is 0.478 e. The Kier molecular flexibility index (Phi) is 4.31. The summed E-state index contributed by atoms with van der Waals surface area (Å²) in [6, 6.07) is 8.37. The molecule has 0 radical (unpaired) electrons. The van der Waals surface area contributed by atoms with Crippen molar-refractivity contribution in [1.29, 1.82) is 0 Å². The van der Waals surface area contributed by atoms with Gasteiger partial charge in [-0.1, -0.05) is 25.1 Å². The van der Waals surface area contributed by atoms with Crippen molar-refractivity contribution in [2.45, 2.75) is 26.2 Å². The van der Waals surface area contributed by atoms with Crippen molar-refractivity contribution < 1.29 is 19.1 Å². The predicted octanol–water partition coefficient (Wildman–Crippen LogP) is 3.93. The van der Waals surface area contributed by atoms with E-state index in [0.29, 0.717) is 23.3 Å². The number of aromatic carboxylic acids is 1. The van der Waals surface area contributed by atoms with Crippen molar-refractivity contribution in [2.24, 2.45) is 5.92 Å². The highest BCUT2D eigenvalue weighted by atomic mass is 32.1. The van der Waals surface area contributed by atoms with Gasteiger partial charge in [0.2, 0.25) is 0 Å². The van der Waals surface area contributed by atoms with E-state index < -0.39 is 17.5 Å². The Labute approximate surface area is 158 Å². The summed E-state index contributed by atoms with van der Waals surface area (Å²) >= 11 is 1.28. The number of carbonyl (C=O) groups excluding carboxylic acids is 1. The highest BCUT2D eigenvalue weighted by Crippen LogP contribution is 2.39. The molecule has 6 nitrogen and oxygen atoms in total. The summed E-state index contributed by atoms with van der Waals surface area (Å²) < 4.78 is 5.20. The third-order valence-corrected chi connectivity index (χ3v) is 6.01. The van der Waals surface area contributed by atoms with Crippen LogP contribution in [0, 0.1) is 5.92 Å². The highest BCUT2D eigenvalue weighted by molar-refractivity contribution is 7.17. The summed E-state index contributed by atoms with van der Waals surface area (Å²) in [5.41, 5.74) is 0.431. The molecule has 0 bridgehead atoms. The third kappa shape index (κ3) is 3.14. The van der Waals surface area contributed by atoms with E-state index in [1.54, 1.807) is 24.3 Å². The Morgan fingerprint density at radius 1 is 1.30 bits per heavy atom. The van der Waals surface area contributed by atoms with Gasteiger partial charge in [0, 0.05) is 10.3 Å². The molecular weight excluding hydrogens is 366 g/mol. The molecule has 1 aliphatic carbocycles. The second-order valence-electron chi connectivity index (χ2n) is 6.80. The highest BCUT2D eigenvalue weighted by Gasteiger charge is 2.28. The van der Waals surface area contributed by atoms with Crippen LogP contribution in [0.5, 0.6) is 0 Å². The van der Waals surface area contributed by atoms with Gasteiger partial charge in [0.1, 0.15) is 16.1 Å². The molecule has 3 aromatic rings. The molecule has 7 heteroatoms. The van der Waals surface area contributed by atoms with Crippen molar-refractivity contribution in [3.63, 3.8) is 0 Å². The Morgan fingerprint density at radius 2 is 2.07 bits per heavy atom. The molecule has 0 aliphatic heterocycles. The number of hydrogen-bond acceptors (Lipinski definition) is 5. The van der Waals surface area contributed by atoms with E-state index in [1.807, 2.05) is 0 Å². The van der Waals surface area contributed by atoms with Gasteiger partial charge in [-0.05, 0) is 42.9 Å². The fraction of sp³-hybridized carbons (Fsp3) is 0.250. The number of carboxylic acid groups (broad SMARTS) is 1. The molecular formula is C20H17NO5S. The number of hydrogen-bond donors (Lipinski definition) is 2. The van der Waals surface area contributed by atoms with Crippen LogP contribution in [-0.4, -0.2) is 17.0 Å². The molecule has 1 aromatic carbocycles. The molecule has 2 heterocycles. The standard InChI is InChI=1S/C20H17NO5S/c1-10-6-7-12-15(8-10)27-18(16(12)19(23)24)21-17(22)13-9-11-4-2-3-5-14(11)26-20(13)25/h2-5,9-10H,6-8H2,1H3,(H,21,22)(H,23,24). The lowest BCUT2D eigenvalue weighted by molar-refractivity contribution is 0.0697. The van der Waals surface area contributed by atoms with Gasteiger partial charge in [0.15, 0.2) is 0 Å². The molecule has 0 saturated carbocycles. The topological polar surface area (TPSA) is 96.6 Å². The molecule has 1 aliphatic rings. The number of fused-ring (bicyclic) bond motifs is 2. The first-order valence-corrected chi connectivity index (χ1v) is 9.47. The van der Waals surface area contributed by atoms with E-state index in [-0.39, 0.29) is 16.1 Å². The molecule has 2 N–H and O–H groups in total. The van der Waals surface area contributed by atoms with Gasteiger partial charge < -0.3 is 14.8 Å². The Morgan fingerprint density at radius 3 is 2.85 bits per heavy atom. The first kappa shape index (κ1) is 17.5. The molecule has 1 amide bonds. The maximum absolute atomic E-state index is 12.7. The average Bonchev–Trinajstić information content (AvgIpc) is 2.97. The first-order valence-electron chi connectivity index (χ1n) is 8.66. The van der Waals surface area contributed by atoms with Gasteiger partial charge >= 0.3 is 11.6 Å².